The van der Waals surface area contributed by atoms with Gasteiger partial charge < -0.3 is 10.1 Å². The molecular weight excluding hydrogens is 419 g/mol. The van der Waals surface area contributed by atoms with Crippen LogP contribution in [0.5, 0.6) is 0 Å². The first kappa shape index (κ1) is 22.1. The molecule has 0 radical (unpaired) electrons. The number of pyridine rings is 1. The molecule has 4 rings (SSSR count). The number of methoxy groups -OCH3 is 1. The Bertz CT molecular complexity index is 1010. The summed E-state index contributed by atoms with van der Waals surface area (Å²) in [6.07, 6.45) is 9.21. The zero-order valence-corrected chi connectivity index (χ0v) is 18.7. The van der Waals surface area contributed by atoms with Gasteiger partial charge in [-0.25, -0.2) is 17.5 Å². The minimum atomic E-state index is -3.85. The van der Waals surface area contributed by atoms with Crippen LogP contribution in [0.2, 0.25) is 0 Å². The van der Waals surface area contributed by atoms with Crippen molar-refractivity contribution in [3.63, 3.8) is 0 Å². The molecule has 0 spiro atoms. The Morgan fingerprint density at radius 2 is 2.03 bits per heavy atom. The van der Waals surface area contributed by atoms with E-state index in [9.17, 15) is 8.42 Å². The molecule has 2 aliphatic heterocycles. The molecule has 2 unspecified atom stereocenters. The maximum Gasteiger partial charge on any atom is 0.242 e. The summed E-state index contributed by atoms with van der Waals surface area (Å²) in [4.78, 5) is 8.56. The summed E-state index contributed by atoms with van der Waals surface area (Å²) in [5, 5.41) is 3.23. The van der Waals surface area contributed by atoms with Gasteiger partial charge in [0.05, 0.1) is 23.6 Å². The maximum atomic E-state index is 15.1. The van der Waals surface area contributed by atoms with Crippen molar-refractivity contribution >= 4 is 16.2 Å². The molecule has 3 aliphatic rings. The second-order valence-corrected chi connectivity index (χ2v) is 10.2. The van der Waals surface area contributed by atoms with Gasteiger partial charge in [-0.2, -0.15) is 0 Å². The number of allylic oxidation sites excluding steroid dienone is 3. The number of nitrogens with one attached hydrogen (secondary N) is 2. The SMILES string of the molecule is COC1NC2=C(CC=C(C)N=C2)CC1NS(=O)(=O)c1ccc(C2(F)CCCCC2)nc1. The lowest BCUT2D eigenvalue weighted by Crippen LogP contribution is -2.53. The van der Waals surface area contributed by atoms with Crippen LogP contribution in [-0.2, 0) is 20.4 Å². The van der Waals surface area contributed by atoms with Crippen LogP contribution in [0.15, 0.2) is 51.3 Å². The van der Waals surface area contributed by atoms with Gasteiger partial charge in [-0.05, 0) is 63.2 Å². The molecule has 31 heavy (non-hydrogen) atoms. The largest absolute Gasteiger partial charge is 0.360 e. The van der Waals surface area contributed by atoms with Crippen LogP contribution in [0.3, 0.4) is 0 Å². The van der Waals surface area contributed by atoms with E-state index in [1.165, 1.54) is 25.4 Å². The molecule has 1 saturated carbocycles. The van der Waals surface area contributed by atoms with Crippen LogP contribution >= 0.6 is 0 Å². The van der Waals surface area contributed by atoms with E-state index in [-0.39, 0.29) is 4.90 Å². The highest BCUT2D eigenvalue weighted by Gasteiger charge is 2.36. The molecule has 2 atom stereocenters. The van der Waals surface area contributed by atoms with Crippen LogP contribution in [0.25, 0.3) is 0 Å². The Balaban J connectivity index is 1.51. The van der Waals surface area contributed by atoms with E-state index in [0.717, 1.165) is 36.2 Å². The fraction of sp³-hybridized carbons (Fsp3) is 0.545. The third-order valence-corrected chi connectivity index (χ3v) is 7.74. The van der Waals surface area contributed by atoms with E-state index in [1.807, 2.05) is 13.0 Å². The average Bonchev–Trinajstić information content (AvgIpc) is 2.95. The van der Waals surface area contributed by atoms with E-state index in [1.54, 1.807) is 6.21 Å². The molecule has 0 bridgehead atoms. The molecule has 1 aliphatic carbocycles. The predicted molar refractivity (Wildman–Crippen MR) is 117 cm³/mol. The van der Waals surface area contributed by atoms with Crippen LogP contribution in [-0.4, -0.2) is 39.0 Å². The number of hydrogen-bond acceptors (Lipinski definition) is 6. The lowest BCUT2D eigenvalue weighted by atomic mass is 9.84. The molecule has 0 amide bonds. The molecular formula is C22H29FN4O3S. The fourth-order valence-electron chi connectivity index (χ4n) is 4.42. The number of halogens is 1. The van der Waals surface area contributed by atoms with Crippen molar-refractivity contribution in [3.05, 3.63) is 47.1 Å². The first-order valence-corrected chi connectivity index (χ1v) is 12.2. The summed E-state index contributed by atoms with van der Waals surface area (Å²) in [7, 11) is -2.32. The standard InChI is InChI=1S/C22H29FN4O3S/c1-15-6-7-16-12-18(21(30-2)26-19(16)14-24-15)27-31(28,29)17-8-9-20(25-13-17)22(23)10-4-3-5-11-22/h6,8-9,13-14,18,21,26-27H,3-5,7,10-12H2,1-2H3. The van der Waals surface area contributed by atoms with Gasteiger partial charge in [0.15, 0.2) is 5.67 Å². The van der Waals surface area contributed by atoms with Crippen LogP contribution in [0.1, 0.15) is 57.6 Å². The van der Waals surface area contributed by atoms with Crippen molar-refractivity contribution in [1.29, 1.82) is 0 Å². The molecule has 2 N–H and O–H groups in total. The smallest absolute Gasteiger partial charge is 0.242 e. The first-order valence-electron chi connectivity index (χ1n) is 10.7. The van der Waals surface area contributed by atoms with Crippen LogP contribution in [0, 0.1) is 0 Å². The molecule has 1 fully saturated rings. The topological polar surface area (TPSA) is 92.7 Å². The van der Waals surface area contributed by atoms with Gasteiger partial charge in [0.25, 0.3) is 0 Å². The monoisotopic (exact) mass is 448 g/mol. The highest BCUT2D eigenvalue weighted by atomic mass is 32.2. The minimum Gasteiger partial charge on any atom is -0.360 e. The number of hydrogen-bond donors (Lipinski definition) is 2. The van der Waals surface area contributed by atoms with E-state index in [4.69, 9.17) is 4.74 Å². The van der Waals surface area contributed by atoms with Gasteiger partial charge in [-0.15, -0.1) is 0 Å². The molecule has 1 aromatic rings. The lowest BCUT2D eigenvalue weighted by molar-refractivity contribution is 0.0518. The number of sulfonamides is 1. The van der Waals surface area contributed by atoms with Gasteiger partial charge in [-0.3, -0.25) is 9.98 Å². The highest BCUT2D eigenvalue weighted by Crippen LogP contribution is 2.39. The molecule has 3 heterocycles. The van der Waals surface area contributed by atoms with Gasteiger partial charge >= 0.3 is 0 Å². The second-order valence-electron chi connectivity index (χ2n) is 8.46. The van der Waals surface area contributed by atoms with E-state index in [0.29, 0.717) is 31.4 Å². The third-order valence-electron chi connectivity index (χ3n) is 6.26. The molecule has 9 heteroatoms. The van der Waals surface area contributed by atoms with E-state index >= 15 is 4.39 Å². The molecule has 0 aromatic carbocycles. The maximum absolute atomic E-state index is 15.1. The Labute approximate surface area is 182 Å². The van der Waals surface area contributed by atoms with E-state index < -0.39 is 28.0 Å². The molecule has 7 nitrogen and oxygen atoms in total. The summed E-state index contributed by atoms with van der Waals surface area (Å²) in [5.41, 5.74) is 1.69. The Kier molecular flexibility index (Phi) is 6.27. The van der Waals surface area contributed by atoms with Crippen molar-refractivity contribution in [1.82, 2.24) is 15.0 Å². The van der Waals surface area contributed by atoms with Crippen molar-refractivity contribution in [2.45, 2.75) is 74.7 Å². The normalized spacial score (nSPS) is 26.0. The number of aromatic nitrogens is 1. The van der Waals surface area contributed by atoms with Crippen molar-refractivity contribution in [3.8, 4) is 0 Å². The number of alkyl halides is 1. The number of aliphatic imine (C=N–C) groups is 1. The first-order chi connectivity index (χ1) is 14.8. The lowest BCUT2D eigenvalue weighted by Gasteiger charge is -2.34. The zero-order valence-electron chi connectivity index (χ0n) is 17.9. The van der Waals surface area contributed by atoms with Gasteiger partial charge in [0.2, 0.25) is 10.0 Å². The molecule has 0 saturated heterocycles. The van der Waals surface area contributed by atoms with Gasteiger partial charge in [0, 0.05) is 19.0 Å². The minimum absolute atomic E-state index is 0.0171. The summed E-state index contributed by atoms with van der Waals surface area (Å²) >= 11 is 0. The van der Waals surface area contributed by atoms with Crippen LogP contribution < -0.4 is 10.0 Å². The summed E-state index contributed by atoms with van der Waals surface area (Å²) in [6, 6.07) is 2.44. The quantitative estimate of drug-likeness (QED) is 0.720. The van der Waals surface area contributed by atoms with Gasteiger partial charge in [-0.1, -0.05) is 12.5 Å². The number of rotatable bonds is 5. The predicted octanol–water partition coefficient (Wildman–Crippen LogP) is 3.46. The Morgan fingerprint density at radius 3 is 2.71 bits per heavy atom. The average molecular weight is 449 g/mol. The number of nitrogens with zero attached hydrogens (tertiary/aromatic N) is 2. The third kappa shape index (κ3) is 4.73. The molecule has 168 valence electrons. The molecule has 1 aromatic heterocycles. The number of ether oxygens (including phenoxy) is 1. The fourth-order valence-corrected chi connectivity index (χ4v) is 5.60. The van der Waals surface area contributed by atoms with E-state index in [2.05, 4.69) is 20.0 Å². The summed E-state index contributed by atoms with van der Waals surface area (Å²) < 4.78 is 49.4. The van der Waals surface area contributed by atoms with Crippen molar-refractivity contribution in [2.24, 2.45) is 4.99 Å². The van der Waals surface area contributed by atoms with Gasteiger partial charge in [0.1, 0.15) is 11.1 Å². The Hall–Kier alpha value is -2.10. The zero-order chi connectivity index (χ0) is 22.1. The highest BCUT2D eigenvalue weighted by molar-refractivity contribution is 7.89. The van der Waals surface area contributed by atoms with Crippen molar-refractivity contribution < 1.29 is 17.5 Å². The summed E-state index contributed by atoms with van der Waals surface area (Å²) in [6.45, 7) is 1.93. The van der Waals surface area contributed by atoms with Crippen LogP contribution in [0.4, 0.5) is 4.39 Å². The summed E-state index contributed by atoms with van der Waals surface area (Å²) in [5.74, 6) is 0. The second kappa shape index (κ2) is 8.80. The Morgan fingerprint density at radius 1 is 1.26 bits per heavy atom. The van der Waals surface area contributed by atoms with Crippen molar-refractivity contribution in [2.75, 3.05) is 7.11 Å².